The molecule has 0 spiro atoms. The summed E-state index contributed by atoms with van der Waals surface area (Å²) in [5, 5.41) is 3.13. The fraction of sp³-hybridized carbons (Fsp3) is 0.278. The summed E-state index contributed by atoms with van der Waals surface area (Å²) in [5.41, 5.74) is 1.28. The van der Waals surface area contributed by atoms with Gasteiger partial charge in [-0.3, -0.25) is 9.59 Å². The quantitative estimate of drug-likeness (QED) is 0.754. The van der Waals surface area contributed by atoms with Crippen molar-refractivity contribution in [3.8, 4) is 0 Å². The van der Waals surface area contributed by atoms with E-state index in [1.807, 2.05) is 25.1 Å². The van der Waals surface area contributed by atoms with Crippen molar-refractivity contribution in [2.24, 2.45) is 0 Å². The Hall–Kier alpha value is -2.89. The fourth-order valence-electron chi connectivity index (χ4n) is 2.72. The highest BCUT2D eigenvalue weighted by Crippen LogP contribution is 2.20. The molecule has 0 fully saturated rings. The van der Waals surface area contributed by atoms with E-state index in [1.54, 1.807) is 6.92 Å². The molecule has 24 heavy (non-hydrogen) atoms. The molecule has 0 saturated heterocycles. The van der Waals surface area contributed by atoms with E-state index in [9.17, 15) is 9.59 Å². The van der Waals surface area contributed by atoms with Crippen LogP contribution in [0.15, 0.2) is 45.9 Å². The molecule has 0 aliphatic heterocycles. The lowest BCUT2D eigenvalue weighted by molar-refractivity contribution is 0.0938. The Morgan fingerprint density at radius 1 is 1.33 bits per heavy atom. The highest BCUT2D eigenvalue weighted by molar-refractivity contribution is 6.06. The number of aromatic amines is 1. The van der Waals surface area contributed by atoms with Gasteiger partial charge in [0, 0.05) is 6.04 Å². The van der Waals surface area contributed by atoms with Crippen molar-refractivity contribution in [1.82, 2.24) is 15.3 Å². The molecule has 0 radical (unpaired) electrons. The zero-order valence-corrected chi connectivity index (χ0v) is 13.6. The number of furan rings is 1. The fourth-order valence-corrected chi connectivity index (χ4v) is 2.72. The zero-order chi connectivity index (χ0) is 17.1. The van der Waals surface area contributed by atoms with Gasteiger partial charge in [0.1, 0.15) is 11.1 Å². The van der Waals surface area contributed by atoms with Gasteiger partial charge in [0.2, 0.25) is 5.71 Å². The topological polar surface area (TPSA) is 88.0 Å². The highest BCUT2D eigenvalue weighted by atomic mass is 16.3. The standard InChI is InChI=1S/C18H19N3O3/c1-11(8-9-13-6-4-3-5-7-13)21-17(23)14-12(2)24-18-15(14)16(22)19-10-20-18/h3-7,10-11H,8-9H2,1-2H3,(H,21,23)(H,19,20,22). The molecule has 2 heterocycles. The Labute approximate surface area is 138 Å². The van der Waals surface area contributed by atoms with Crippen molar-refractivity contribution in [3.63, 3.8) is 0 Å². The molecule has 1 unspecified atom stereocenters. The molecule has 0 aliphatic carbocycles. The number of rotatable bonds is 5. The number of carbonyl (C=O) groups excluding carboxylic acids is 1. The molecule has 1 atom stereocenters. The molecule has 1 aromatic carbocycles. The molecule has 0 bridgehead atoms. The maximum absolute atomic E-state index is 12.6. The van der Waals surface area contributed by atoms with Gasteiger partial charge in [0.15, 0.2) is 0 Å². The Morgan fingerprint density at radius 3 is 2.83 bits per heavy atom. The minimum atomic E-state index is -0.376. The summed E-state index contributed by atoms with van der Waals surface area (Å²) in [4.78, 5) is 31.0. The number of hydrogen-bond acceptors (Lipinski definition) is 4. The average molecular weight is 325 g/mol. The second kappa shape index (κ2) is 6.70. The van der Waals surface area contributed by atoms with E-state index in [4.69, 9.17) is 4.42 Å². The number of amides is 1. The van der Waals surface area contributed by atoms with Crippen LogP contribution in [0.3, 0.4) is 0 Å². The first-order valence-electron chi connectivity index (χ1n) is 7.88. The largest absolute Gasteiger partial charge is 0.442 e. The van der Waals surface area contributed by atoms with Crippen LogP contribution in [-0.2, 0) is 6.42 Å². The van der Waals surface area contributed by atoms with Crippen molar-refractivity contribution in [2.45, 2.75) is 32.7 Å². The van der Waals surface area contributed by atoms with E-state index >= 15 is 0 Å². The first kappa shape index (κ1) is 16.0. The predicted octanol–water partition coefficient (Wildman–Crippen LogP) is 2.58. The Morgan fingerprint density at radius 2 is 2.08 bits per heavy atom. The van der Waals surface area contributed by atoms with E-state index in [0.29, 0.717) is 5.76 Å². The van der Waals surface area contributed by atoms with Gasteiger partial charge in [-0.25, -0.2) is 4.98 Å². The number of aromatic nitrogens is 2. The molecule has 2 N–H and O–H groups in total. The van der Waals surface area contributed by atoms with Crippen LogP contribution in [0.4, 0.5) is 0 Å². The van der Waals surface area contributed by atoms with Gasteiger partial charge in [-0.1, -0.05) is 30.3 Å². The zero-order valence-electron chi connectivity index (χ0n) is 13.6. The van der Waals surface area contributed by atoms with E-state index in [1.165, 1.54) is 11.9 Å². The summed E-state index contributed by atoms with van der Waals surface area (Å²) in [5.74, 6) is 0.0762. The number of carbonyl (C=O) groups is 1. The summed E-state index contributed by atoms with van der Waals surface area (Å²) in [7, 11) is 0. The number of aryl methyl sites for hydroxylation is 2. The molecule has 3 aromatic rings. The summed E-state index contributed by atoms with van der Waals surface area (Å²) < 4.78 is 5.42. The van der Waals surface area contributed by atoms with Crippen LogP contribution >= 0.6 is 0 Å². The molecule has 124 valence electrons. The smallest absolute Gasteiger partial charge is 0.262 e. The van der Waals surface area contributed by atoms with Crippen LogP contribution in [0, 0.1) is 6.92 Å². The Kier molecular flexibility index (Phi) is 4.46. The lowest BCUT2D eigenvalue weighted by atomic mass is 10.1. The minimum absolute atomic E-state index is 0.0298. The summed E-state index contributed by atoms with van der Waals surface area (Å²) in [6.45, 7) is 3.60. The number of nitrogens with zero attached hydrogens (tertiary/aromatic N) is 1. The van der Waals surface area contributed by atoms with Crippen LogP contribution in [0.25, 0.3) is 11.1 Å². The van der Waals surface area contributed by atoms with Gasteiger partial charge in [0.25, 0.3) is 11.5 Å². The van der Waals surface area contributed by atoms with Crippen LogP contribution in [0.5, 0.6) is 0 Å². The van der Waals surface area contributed by atoms with E-state index in [0.717, 1.165) is 12.8 Å². The highest BCUT2D eigenvalue weighted by Gasteiger charge is 2.22. The molecular formula is C18H19N3O3. The van der Waals surface area contributed by atoms with Crippen molar-refractivity contribution in [2.75, 3.05) is 0 Å². The summed E-state index contributed by atoms with van der Waals surface area (Å²) >= 11 is 0. The Bertz CT molecular complexity index is 912. The lowest BCUT2D eigenvalue weighted by Gasteiger charge is -2.13. The molecular weight excluding hydrogens is 306 g/mol. The number of benzene rings is 1. The number of H-pyrrole nitrogens is 1. The van der Waals surface area contributed by atoms with Crippen LogP contribution in [0.2, 0.25) is 0 Å². The average Bonchev–Trinajstić information content (AvgIpc) is 2.91. The first-order valence-corrected chi connectivity index (χ1v) is 7.88. The van der Waals surface area contributed by atoms with Crippen LogP contribution < -0.4 is 10.9 Å². The number of hydrogen-bond donors (Lipinski definition) is 2. The maximum Gasteiger partial charge on any atom is 0.262 e. The van der Waals surface area contributed by atoms with Gasteiger partial charge >= 0.3 is 0 Å². The summed E-state index contributed by atoms with van der Waals surface area (Å²) in [6, 6.07) is 10.1. The molecule has 0 saturated carbocycles. The molecule has 3 rings (SSSR count). The molecule has 1 amide bonds. The second-order valence-electron chi connectivity index (χ2n) is 5.84. The SMILES string of the molecule is Cc1oc2nc[nH]c(=O)c2c1C(=O)NC(C)CCc1ccccc1. The lowest BCUT2D eigenvalue weighted by Crippen LogP contribution is -2.33. The third-order valence-corrected chi connectivity index (χ3v) is 3.98. The van der Waals surface area contributed by atoms with Crippen LogP contribution in [0.1, 0.15) is 35.0 Å². The van der Waals surface area contributed by atoms with Gasteiger partial charge in [-0.2, -0.15) is 0 Å². The maximum atomic E-state index is 12.6. The van der Waals surface area contributed by atoms with Crippen molar-refractivity contribution < 1.29 is 9.21 Å². The Balaban J connectivity index is 1.73. The van der Waals surface area contributed by atoms with Crippen molar-refractivity contribution >= 4 is 17.0 Å². The van der Waals surface area contributed by atoms with Gasteiger partial charge in [0.05, 0.1) is 11.9 Å². The van der Waals surface area contributed by atoms with E-state index < -0.39 is 0 Å². The van der Waals surface area contributed by atoms with Gasteiger partial charge in [-0.05, 0) is 32.3 Å². The first-order chi connectivity index (χ1) is 11.6. The third kappa shape index (κ3) is 3.22. The number of nitrogens with one attached hydrogen (secondary N) is 2. The minimum Gasteiger partial charge on any atom is -0.442 e. The molecule has 6 nitrogen and oxygen atoms in total. The van der Waals surface area contributed by atoms with E-state index in [2.05, 4.69) is 27.4 Å². The molecule has 0 aliphatic rings. The molecule has 6 heteroatoms. The van der Waals surface area contributed by atoms with Crippen molar-refractivity contribution in [1.29, 1.82) is 0 Å². The van der Waals surface area contributed by atoms with Gasteiger partial charge < -0.3 is 14.7 Å². The normalized spacial score (nSPS) is 12.2. The van der Waals surface area contributed by atoms with E-state index in [-0.39, 0.29) is 34.2 Å². The van der Waals surface area contributed by atoms with Crippen molar-refractivity contribution in [3.05, 3.63) is 63.9 Å². The predicted molar refractivity (Wildman–Crippen MR) is 91.1 cm³/mol. The summed E-state index contributed by atoms with van der Waals surface area (Å²) in [6.07, 6.45) is 2.94. The molecule has 2 aromatic heterocycles. The number of fused-ring (bicyclic) bond motifs is 1. The second-order valence-corrected chi connectivity index (χ2v) is 5.84. The van der Waals surface area contributed by atoms with Crippen LogP contribution in [-0.4, -0.2) is 21.9 Å². The monoisotopic (exact) mass is 325 g/mol. The third-order valence-electron chi connectivity index (χ3n) is 3.98. The van der Waals surface area contributed by atoms with Gasteiger partial charge in [-0.15, -0.1) is 0 Å².